The number of piperidine rings is 1. The molecule has 22 heavy (non-hydrogen) atoms. The third-order valence-corrected chi connectivity index (χ3v) is 6.27. The highest BCUT2D eigenvalue weighted by Crippen LogP contribution is 2.30. The maximum atomic E-state index is 12.3. The lowest BCUT2D eigenvalue weighted by Gasteiger charge is -2.35. The first-order valence-corrected chi connectivity index (χ1v) is 9.56. The second-order valence-electron chi connectivity index (χ2n) is 6.91. The Labute approximate surface area is 138 Å². The van der Waals surface area contributed by atoms with E-state index in [9.17, 15) is 4.21 Å². The molecular formula is C18H30N2OS. The van der Waals surface area contributed by atoms with Gasteiger partial charge in [0.25, 0.3) is 0 Å². The molecule has 0 amide bonds. The van der Waals surface area contributed by atoms with Crippen molar-refractivity contribution in [3.63, 3.8) is 0 Å². The molecule has 4 heteroatoms. The molecule has 0 bridgehead atoms. The van der Waals surface area contributed by atoms with E-state index in [-0.39, 0.29) is 5.25 Å². The van der Waals surface area contributed by atoms with Gasteiger partial charge in [0.2, 0.25) is 0 Å². The summed E-state index contributed by atoms with van der Waals surface area (Å²) in [7, 11) is 0.939. The van der Waals surface area contributed by atoms with Gasteiger partial charge in [0.15, 0.2) is 0 Å². The molecule has 1 aliphatic heterocycles. The third-order valence-electron chi connectivity index (χ3n) is 4.71. The van der Waals surface area contributed by atoms with Crippen LogP contribution in [0.3, 0.4) is 0 Å². The summed E-state index contributed by atoms with van der Waals surface area (Å²) in [6.45, 7) is 10.9. The zero-order chi connectivity index (χ0) is 16.3. The van der Waals surface area contributed by atoms with Gasteiger partial charge in [-0.05, 0) is 56.7 Å². The Balaban J connectivity index is 2.08. The molecule has 3 nitrogen and oxygen atoms in total. The molecule has 1 aliphatic rings. The molecule has 0 aromatic heterocycles. The molecule has 0 N–H and O–H groups in total. The number of hydrogen-bond acceptors (Lipinski definition) is 2. The SMILES string of the molecule is CC(C)C1CCN(c2cccc(N(C)S(=O)C(C)C)c2)CC1. The summed E-state index contributed by atoms with van der Waals surface area (Å²) in [6, 6.07) is 8.47. The third kappa shape index (κ3) is 4.03. The standard InChI is InChI=1S/C18H30N2OS/c1-14(2)16-9-11-20(12-10-16)18-8-6-7-17(13-18)19(5)22(21)15(3)4/h6-8,13-16H,9-12H2,1-5H3. The number of anilines is 2. The molecule has 1 heterocycles. The molecule has 1 unspecified atom stereocenters. The minimum absolute atomic E-state index is 0.135. The molecule has 0 saturated carbocycles. The van der Waals surface area contributed by atoms with E-state index in [0.29, 0.717) is 0 Å². The fourth-order valence-electron chi connectivity index (χ4n) is 3.13. The van der Waals surface area contributed by atoms with Gasteiger partial charge in [-0.2, -0.15) is 0 Å². The topological polar surface area (TPSA) is 23.6 Å². The van der Waals surface area contributed by atoms with Crippen molar-refractivity contribution in [2.45, 2.75) is 45.8 Å². The Hall–Kier alpha value is -1.03. The molecule has 1 saturated heterocycles. The Bertz CT molecular complexity index is 508. The number of nitrogens with zero attached hydrogens (tertiary/aromatic N) is 2. The lowest BCUT2D eigenvalue weighted by molar-refractivity contribution is 0.311. The van der Waals surface area contributed by atoms with Gasteiger partial charge in [-0.1, -0.05) is 19.9 Å². The van der Waals surface area contributed by atoms with Gasteiger partial charge >= 0.3 is 0 Å². The van der Waals surface area contributed by atoms with Crippen LogP contribution >= 0.6 is 0 Å². The van der Waals surface area contributed by atoms with E-state index in [1.165, 1.54) is 18.5 Å². The first-order chi connectivity index (χ1) is 10.4. The van der Waals surface area contributed by atoms with Crippen LogP contribution in [0.4, 0.5) is 11.4 Å². The monoisotopic (exact) mass is 322 g/mol. The fraction of sp³-hybridized carbons (Fsp3) is 0.667. The van der Waals surface area contributed by atoms with Crippen LogP contribution in [0.5, 0.6) is 0 Å². The van der Waals surface area contributed by atoms with Crippen molar-refractivity contribution < 1.29 is 4.21 Å². The molecule has 1 aromatic rings. The van der Waals surface area contributed by atoms with E-state index >= 15 is 0 Å². The summed E-state index contributed by atoms with van der Waals surface area (Å²) < 4.78 is 14.2. The van der Waals surface area contributed by atoms with Crippen molar-refractivity contribution in [3.8, 4) is 0 Å². The molecule has 1 atom stereocenters. The summed E-state index contributed by atoms with van der Waals surface area (Å²) >= 11 is 0. The van der Waals surface area contributed by atoms with Crippen LogP contribution in [0.2, 0.25) is 0 Å². The predicted octanol–water partition coefficient (Wildman–Crippen LogP) is 4.07. The normalized spacial score (nSPS) is 18.0. The summed E-state index contributed by atoms with van der Waals surface area (Å²) in [6.07, 6.45) is 2.55. The predicted molar refractivity (Wildman–Crippen MR) is 97.9 cm³/mol. The molecule has 1 aromatic carbocycles. The highest BCUT2D eigenvalue weighted by atomic mass is 32.2. The van der Waals surface area contributed by atoms with Gasteiger partial charge < -0.3 is 4.90 Å². The Morgan fingerprint density at radius 2 is 1.82 bits per heavy atom. The minimum Gasteiger partial charge on any atom is -0.371 e. The van der Waals surface area contributed by atoms with Gasteiger partial charge in [-0.15, -0.1) is 0 Å². The van der Waals surface area contributed by atoms with Gasteiger partial charge in [-0.25, -0.2) is 4.21 Å². The minimum atomic E-state index is -0.978. The van der Waals surface area contributed by atoms with E-state index < -0.39 is 11.0 Å². The van der Waals surface area contributed by atoms with Crippen LogP contribution in [0.15, 0.2) is 24.3 Å². The largest absolute Gasteiger partial charge is 0.371 e. The smallest absolute Gasteiger partial charge is 0.122 e. The summed E-state index contributed by atoms with van der Waals surface area (Å²) in [5.74, 6) is 1.64. The van der Waals surface area contributed by atoms with Crippen LogP contribution in [0.1, 0.15) is 40.5 Å². The number of rotatable bonds is 5. The van der Waals surface area contributed by atoms with E-state index in [1.807, 2.05) is 31.3 Å². The second-order valence-corrected chi connectivity index (χ2v) is 8.95. The van der Waals surface area contributed by atoms with Crippen molar-refractivity contribution in [2.24, 2.45) is 11.8 Å². The van der Waals surface area contributed by atoms with Crippen LogP contribution in [0.25, 0.3) is 0 Å². The van der Waals surface area contributed by atoms with E-state index in [1.54, 1.807) is 0 Å². The molecule has 0 spiro atoms. The summed E-state index contributed by atoms with van der Waals surface area (Å²) in [4.78, 5) is 2.47. The zero-order valence-corrected chi connectivity index (χ0v) is 15.4. The summed E-state index contributed by atoms with van der Waals surface area (Å²) in [5.41, 5.74) is 2.29. The van der Waals surface area contributed by atoms with Crippen LogP contribution in [-0.2, 0) is 11.0 Å². The quantitative estimate of drug-likeness (QED) is 0.816. The number of benzene rings is 1. The maximum Gasteiger partial charge on any atom is 0.122 e. The number of hydrogen-bond donors (Lipinski definition) is 0. The van der Waals surface area contributed by atoms with Gasteiger partial charge in [0.05, 0.1) is 5.69 Å². The average molecular weight is 323 g/mol. The van der Waals surface area contributed by atoms with Crippen LogP contribution in [-0.4, -0.2) is 29.6 Å². The molecule has 0 aliphatic carbocycles. The van der Waals surface area contributed by atoms with Gasteiger partial charge in [-0.3, -0.25) is 4.31 Å². The van der Waals surface area contributed by atoms with Crippen molar-refractivity contribution in [2.75, 3.05) is 29.3 Å². The molecule has 0 radical (unpaired) electrons. The molecular weight excluding hydrogens is 292 g/mol. The van der Waals surface area contributed by atoms with Crippen LogP contribution in [0, 0.1) is 11.8 Å². The Morgan fingerprint density at radius 3 is 2.36 bits per heavy atom. The van der Waals surface area contributed by atoms with Crippen molar-refractivity contribution >= 4 is 22.4 Å². The molecule has 124 valence electrons. The van der Waals surface area contributed by atoms with Gasteiger partial charge in [0.1, 0.15) is 11.0 Å². The molecule has 2 rings (SSSR count). The Kier molecular flexibility index (Phi) is 5.90. The lowest BCUT2D eigenvalue weighted by atomic mass is 9.86. The lowest BCUT2D eigenvalue weighted by Crippen LogP contribution is -2.35. The Morgan fingerprint density at radius 1 is 1.18 bits per heavy atom. The van der Waals surface area contributed by atoms with Crippen molar-refractivity contribution in [1.82, 2.24) is 0 Å². The highest BCUT2D eigenvalue weighted by molar-refractivity contribution is 7.87. The zero-order valence-electron chi connectivity index (χ0n) is 14.6. The first-order valence-electron chi connectivity index (χ1n) is 8.39. The van der Waals surface area contributed by atoms with Crippen LogP contribution < -0.4 is 9.21 Å². The van der Waals surface area contributed by atoms with E-state index in [2.05, 4.69) is 36.9 Å². The second kappa shape index (κ2) is 7.49. The first kappa shape index (κ1) is 17.3. The van der Waals surface area contributed by atoms with Crippen molar-refractivity contribution in [1.29, 1.82) is 0 Å². The van der Waals surface area contributed by atoms with Crippen molar-refractivity contribution in [3.05, 3.63) is 24.3 Å². The fourth-order valence-corrected chi connectivity index (χ4v) is 4.08. The average Bonchev–Trinajstić information content (AvgIpc) is 2.53. The van der Waals surface area contributed by atoms with E-state index in [0.717, 1.165) is 30.6 Å². The van der Waals surface area contributed by atoms with E-state index in [4.69, 9.17) is 0 Å². The summed E-state index contributed by atoms with van der Waals surface area (Å²) in [5, 5.41) is 0.135. The van der Waals surface area contributed by atoms with Gasteiger partial charge in [0, 0.05) is 31.1 Å². The molecule has 1 fully saturated rings. The maximum absolute atomic E-state index is 12.3. The highest BCUT2D eigenvalue weighted by Gasteiger charge is 2.22.